The van der Waals surface area contributed by atoms with Crippen molar-refractivity contribution in [1.29, 1.82) is 0 Å². The second-order valence-electron chi connectivity index (χ2n) is 9.43. The maximum atomic E-state index is 14.8. The van der Waals surface area contributed by atoms with Gasteiger partial charge in [-0.2, -0.15) is 25.9 Å². The molecule has 1 aromatic rings. The lowest BCUT2D eigenvalue weighted by atomic mass is 10.0. The number of carboxylic acids is 1. The Balaban J connectivity index is 0.000000505. The number of rotatable bonds is 8. The molecule has 15 heteroatoms. The molecule has 214 valence electrons. The van der Waals surface area contributed by atoms with Crippen molar-refractivity contribution < 1.29 is 50.1 Å². The van der Waals surface area contributed by atoms with Gasteiger partial charge < -0.3 is 20.3 Å². The summed E-state index contributed by atoms with van der Waals surface area (Å²) in [5, 5.41) is 7.12. The van der Waals surface area contributed by atoms with Gasteiger partial charge >= 0.3 is 22.4 Å². The van der Waals surface area contributed by atoms with Gasteiger partial charge in [-0.25, -0.2) is 13.9 Å². The van der Waals surface area contributed by atoms with Crippen LogP contribution in [0.1, 0.15) is 60.4 Å². The fourth-order valence-electron chi connectivity index (χ4n) is 4.26. The minimum absolute atomic E-state index is 0.0445. The number of ether oxygens (including phenoxy) is 2. The Hall–Kier alpha value is -2.49. The number of morpholine rings is 1. The molecule has 0 radical (unpaired) electrons. The number of nitrogens with two attached hydrogens (primary N) is 1. The topological polar surface area (TPSA) is 148 Å². The first kappa shape index (κ1) is 30.1. The van der Waals surface area contributed by atoms with Crippen molar-refractivity contribution >= 4 is 22.1 Å². The summed E-state index contributed by atoms with van der Waals surface area (Å²) in [5.41, 5.74) is 6.04. The maximum absolute atomic E-state index is 14.8. The molecule has 2 saturated carbocycles. The highest BCUT2D eigenvalue weighted by Crippen LogP contribution is 2.45. The van der Waals surface area contributed by atoms with Crippen molar-refractivity contribution in [3.8, 4) is 5.75 Å². The summed E-state index contributed by atoms with van der Waals surface area (Å²) in [6, 6.07) is 2.67. The molecule has 1 aromatic carbocycles. The van der Waals surface area contributed by atoms with Gasteiger partial charge in [-0.05, 0) is 49.1 Å². The zero-order valence-electron chi connectivity index (χ0n) is 20.5. The van der Waals surface area contributed by atoms with Gasteiger partial charge in [0.1, 0.15) is 11.6 Å². The SMILES string of the molecule is NC[C@@H]1CN(S(=O)(=O)NC(=O)c2cc(C3CC3)c(OCC3CCCC3)cc2F)CCO1.O=C(O)C(F)(F)F. The molecule has 0 bridgehead atoms. The smallest absolute Gasteiger partial charge is 0.490 e. The summed E-state index contributed by atoms with van der Waals surface area (Å²) in [7, 11) is -4.14. The Morgan fingerprint density at radius 2 is 1.82 bits per heavy atom. The normalized spacial score (nSPS) is 20.9. The van der Waals surface area contributed by atoms with E-state index in [2.05, 4.69) is 0 Å². The minimum Gasteiger partial charge on any atom is -0.493 e. The molecule has 1 saturated heterocycles. The third-order valence-electron chi connectivity index (χ3n) is 6.48. The number of carbonyl (C=O) groups excluding carboxylic acids is 1. The Morgan fingerprint density at radius 3 is 2.37 bits per heavy atom. The van der Waals surface area contributed by atoms with E-state index in [4.69, 9.17) is 25.1 Å². The number of nitrogens with one attached hydrogen (secondary N) is 1. The fraction of sp³-hybridized carbons (Fsp3) is 0.652. The van der Waals surface area contributed by atoms with Gasteiger partial charge in [-0.1, -0.05) is 12.8 Å². The number of carbonyl (C=O) groups is 2. The van der Waals surface area contributed by atoms with E-state index in [9.17, 15) is 30.8 Å². The Bertz CT molecular complexity index is 1110. The van der Waals surface area contributed by atoms with E-state index >= 15 is 0 Å². The summed E-state index contributed by atoms with van der Waals surface area (Å²) in [6.45, 7) is 1.04. The van der Waals surface area contributed by atoms with Crippen LogP contribution in [0.5, 0.6) is 5.75 Å². The number of benzene rings is 1. The summed E-state index contributed by atoms with van der Waals surface area (Å²) in [5.74, 6) is -3.38. The average Bonchev–Trinajstić information content (AvgIpc) is 3.56. The average molecular weight is 570 g/mol. The van der Waals surface area contributed by atoms with E-state index < -0.39 is 40.2 Å². The van der Waals surface area contributed by atoms with Crippen molar-refractivity contribution in [3.63, 3.8) is 0 Å². The zero-order chi connectivity index (χ0) is 28.1. The molecule has 0 spiro atoms. The number of carboxylic acid groups (broad SMARTS) is 1. The number of aliphatic carboxylic acids is 1. The van der Waals surface area contributed by atoms with Gasteiger partial charge in [-0.15, -0.1) is 0 Å². The predicted molar refractivity (Wildman–Crippen MR) is 126 cm³/mol. The molecule has 0 aromatic heterocycles. The van der Waals surface area contributed by atoms with Crippen LogP contribution in [0.15, 0.2) is 12.1 Å². The van der Waals surface area contributed by atoms with Gasteiger partial charge in [0.15, 0.2) is 0 Å². The first-order valence-electron chi connectivity index (χ1n) is 12.2. The van der Waals surface area contributed by atoms with Crippen molar-refractivity contribution in [1.82, 2.24) is 9.03 Å². The number of nitrogens with zero attached hydrogens (tertiary/aromatic N) is 1. The highest BCUT2D eigenvalue weighted by molar-refractivity contribution is 7.87. The van der Waals surface area contributed by atoms with Gasteiger partial charge in [0.2, 0.25) is 0 Å². The number of hydrogen-bond acceptors (Lipinski definition) is 7. The first-order chi connectivity index (χ1) is 17.8. The van der Waals surface area contributed by atoms with Crippen molar-refractivity contribution in [3.05, 3.63) is 29.1 Å². The van der Waals surface area contributed by atoms with Crippen LogP contribution in [-0.2, 0) is 19.7 Å². The fourth-order valence-corrected chi connectivity index (χ4v) is 5.41. The van der Waals surface area contributed by atoms with Crippen molar-refractivity contribution in [2.75, 3.05) is 32.8 Å². The quantitative estimate of drug-likeness (QED) is 0.405. The van der Waals surface area contributed by atoms with E-state index in [1.54, 1.807) is 0 Å². The lowest BCUT2D eigenvalue weighted by molar-refractivity contribution is -0.192. The lowest BCUT2D eigenvalue weighted by Gasteiger charge is -2.31. The third kappa shape index (κ3) is 8.25. The van der Waals surface area contributed by atoms with Crippen LogP contribution in [0.25, 0.3) is 0 Å². The summed E-state index contributed by atoms with van der Waals surface area (Å²) in [6.07, 6.45) is 0.993. The van der Waals surface area contributed by atoms with Crippen molar-refractivity contribution in [2.24, 2.45) is 11.7 Å². The van der Waals surface area contributed by atoms with Gasteiger partial charge in [0, 0.05) is 25.7 Å². The number of halogens is 4. The lowest BCUT2D eigenvalue weighted by Crippen LogP contribution is -2.52. The predicted octanol–water partition coefficient (Wildman–Crippen LogP) is 2.54. The van der Waals surface area contributed by atoms with Crippen LogP contribution in [0.2, 0.25) is 0 Å². The number of hydrogen-bond donors (Lipinski definition) is 3. The number of amides is 1. The molecule has 4 N–H and O–H groups in total. The third-order valence-corrected chi connectivity index (χ3v) is 7.93. The Morgan fingerprint density at radius 1 is 1.18 bits per heavy atom. The molecule has 1 heterocycles. The van der Waals surface area contributed by atoms with E-state index in [1.807, 2.05) is 4.72 Å². The molecule has 2 aliphatic carbocycles. The molecule has 4 rings (SSSR count). The summed E-state index contributed by atoms with van der Waals surface area (Å²) < 4.78 is 86.2. The monoisotopic (exact) mass is 569 g/mol. The largest absolute Gasteiger partial charge is 0.493 e. The molecular formula is C23H31F4N3O7S. The standard InChI is InChI=1S/C21H30FN3O5S.C2HF3O2/c22-19-10-20(30-13-14-3-1-2-4-14)17(15-5-6-15)9-18(19)21(26)24-31(27,28)25-7-8-29-16(11-23)12-25;3-2(4,5)1(6)7/h9-10,14-16H,1-8,11-13,23H2,(H,24,26);(H,6,7)/t16-;/m1./s1. The molecule has 0 unspecified atom stereocenters. The molecule has 38 heavy (non-hydrogen) atoms. The zero-order valence-corrected chi connectivity index (χ0v) is 21.3. The van der Waals surface area contributed by atoms with Gasteiger partial charge in [-0.3, -0.25) is 4.79 Å². The Kier molecular flexibility index (Phi) is 9.95. The molecule has 1 atom stereocenters. The second kappa shape index (κ2) is 12.6. The summed E-state index contributed by atoms with van der Waals surface area (Å²) in [4.78, 5) is 21.6. The van der Waals surface area contributed by atoms with Crippen molar-refractivity contribution in [2.45, 2.75) is 56.7 Å². The van der Waals surface area contributed by atoms with Gasteiger partial charge in [0.25, 0.3) is 5.91 Å². The molecule has 3 aliphatic rings. The number of alkyl halides is 3. The molecule has 1 amide bonds. The molecular weight excluding hydrogens is 538 g/mol. The van der Waals surface area contributed by atoms with E-state index in [0.29, 0.717) is 18.3 Å². The molecule has 1 aliphatic heterocycles. The Labute approximate surface area is 217 Å². The maximum Gasteiger partial charge on any atom is 0.490 e. The van der Waals surface area contributed by atoms with Crippen LogP contribution < -0.4 is 15.2 Å². The van der Waals surface area contributed by atoms with Crippen LogP contribution in [-0.4, -0.2) is 74.8 Å². The van der Waals surface area contributed by atoms with E-state index in [0.717, 1.165) is 35.6 Å². The highest BCUT2D eigenvalue weighted by atomic mass is 32.2. The van der Waals surface area contributed by atoms with E-state index in [-0.39, 0.29) is 37.7 Å². The second-order valence-corrected chi connectivity index (χ2v) is 11.1. The van der Waals surface area contributed by atoms with Crippen LogP contribution >= 0.6 is 0 Å². The van der Waals surface area contributed by atoms with Crippen LogP contribution in [0, 0.1) is 11.7 Å². The first-order valence-corrected chi connectivity index (χ1v) is 13.7. The van der Waals surface area contributed by atoms with Crippen LogP contribution in [0.4, 0.5) is 17.6 Å². The summed E-state index contributed by atoms with van der Waals surface area (Å²) >= 11 is 0. The molecule has 3 fully saturated rings. The highest BCUT2D eigenvalue weighted by Gasteiger charge is 2.38. The van der Waals surface area contributed by atoms with E-state index in [1.165, 1.54) is 25.0 Å². The molecule has 10 nitrogen and oxygen atoms in total. The minimum atomic E-state index is -5.08. The van der Waals surface area contributed by atoms with Crippen LogP contribution in [0.3, 0.4) is 0 Å². The van der Waals surface area contributed by atoms with Gasteiger partial charge in [0.05, 0.1) is 24.9 Å².